The van der Waals surface area contributed by atoms with Gasteiger partial charge < -0.3 is 0 Å². The van der Waals surface area contributed by atoms with Gasteiger partial charge in [0.25, 0.3) is 0 Å². The van der Waals surface area contributed by atoms with Gasteiger partial charge in [0.15, 0.2) is 4.33 Å². The molecule has 9 heteroatoms. The lowest BCUT2D eigenvalue weighted by Gasteiger charge is -2.42. The van der Waals surface area contributed by atoms with Gasteiger partial charge in [-0.2, -0.15) is 0 Å². The second-order valence-electron chi connectivity index (χ2n) is 8.86. The highest BCUT2D eigenvalue weighted by Crippen LogP contribution is 2.79. The molecule has 5 aliphatic rings. The standard InChI is InChI=1S/C19H19Cl6NO2/c20-13-14(21)18(23)12-7-10-9(6-11(12)17(13,22)19(18,24)25)15(27)26(16(10)28)8-4-2-1-3-5-8/h8-12H,1-7H2/t9-,10+,11-,12-,17+,18+/m1/s1. The first kappa shape index (κ1) is 20.5. The Morgan fingerprint density at radius 1 is 0.750 bits per heavy atom. The first-order valence-electron chi connectivity index (χ1n) is 9.77. The molecule has 6 atom stereocenters. The summed E-state index contributed by atoms with van der Waals surface area (Å²) in [4.78, 5) is 25.3. The number of rotatable bonds is 1. The van der Waals surface area contributed by atoms with E-state index in [0.717, 1.165) is 32.1 Å². The van der Waals surface area contributed by atoms with Gasteiger partial charge in [0.2, 0.25) is 11.8 Å². The number of alkyl halides is 4. The van der Waals surface area contributed by atoms with Crippen molar-refractivity contribution in [2.75, 3.05) is 0 Å². The highest BCUT2D eigenvalue weighted by atomic mass is 35.5. The molecule has 2 bridgehead atoms. The molecule has 3 saturated carbocycles. The summed E-state index contributed by atoms with van der Waals surface area (Å²) in [6.45, 7) is 0. The summed E-state index contributed by atoms with van der Waals surface area (Å²) in [7, 11) is 0. The van der Waals surface area contributed by atoms with E-state index >= 15 is 0 Å². The first-order chi connectivity index (χ1) is 13.1. The largest absolute Gasteiger partial charge is 0.279 e. The Morgan fingerprint density at radius 3 is 1.61 bits per heavy atom. The van der Waals surface area contributed by atoms with Crippen LogP contribution in [0.2, 0.25) is 0 Å². The Hall–Kier alpha value is 0.620. The van der Waals surface area contributed by atoms with Crippen LogP contribution in [-0.2, 0) is 9.59 Å². The zero-order chi connectivity index (χ0) is 20.2. The molecule has 28 heavy (non-hydrogen) atoms. The Kier molecular flexibility index (Phi) is 4.64. The van der Waals surface area contributed by atoms with Crippen molar-refractivity contribution >= 4 is 81.4 Å². The number of imide groups is 1. The molecule has 1 aliphatic heterocycles. The monoisotopic (exact) mass is 503 g/mol. The third-order valence-electron chi connectivity index (χ3n) is 7.80. The zero-order valence-corrected chi connectivity index (χ0v) is 19.4. The number of likely N-dealkylation sites (tertiary alicyclic amines) is 1. The maximum absolute atomic E-state index is 13.2. The van der Waals surface area contributed by atoms with Crippen molar-refractivity contribution in [2.45, 2.75) is 65.1 Å². The van der Waals surface area contributed by atoms with E-state index in [4.69, 9.17) is 69.6 Å². The van der Waals surface area contributed by atoms with Crippen molar-refractivity contribution in [2.24, 2.45) is 23.7 Å². The van der Waals surface area contributed by atoms with Crippen LogP contribution in [0, 0.1) is 23.7 Å². The number of hydrogen-bond donors (Lipinski definition) is 0. The molecular formula is C19H19Cl6NO2. The SMILES string of the molecule is O=C1[C@H]2C[C@@H]3[C@@H](C[C@H]2C(=O)N1C1CCCCC1)[C@]1(Cl)C(Cl)=C(Cl)[C@]3(Cl)C1(Cl)Cl. The van der Waals surface area contributed by atoms with Gasteiger partial charge in [-0.1, -0.05) is 65.7 Å². The van der Waals surface area contributed by atoms with E-state index in [1.54, 1.807) is 0 Å². The fourth-order valence-electron chi connectivity index (χ4n) is 6.45. The molecule has 1 saturated heterocycles. The van der Waals surface area contributed by atoms with Crippen molar-refractivity contribution in [3.63, 3.8) is 0 Å². The number of allylic oxidation sites excluding steroid dienone is 2. The van der Waals surface area contributed by atoms with Crippen LogP contribution in [0.4, 0.5) is 0 Å². The molecular weight excluding hydrogens is 487 g/mol. The number of hydrogen-bond acceptors (Lipinski definition) is 2. The summed E-state index contributed by atoms with van der Waals surface area (Å²) in [5.74, 6) is -1.65. The first-order valence-corrected chi connectivity index (χ1v) is 12.0. The van der Waals surface area contributed by atoms with E-state index in [0.29, 0.717) is 12.8 Å². The van der Waals surface area contributed by atoms with Crippen LogP contribution in [0.3, 0.4) is 0 Å². The van der Waals surface area contributed by atoms with Gasteiger partial charge in [-0.25, -0.2) is 0 Å². The van der Waals surface area contributed by atoms with Crippen LogP contribution in [-0.4, -0.2) is 36.8 Å². The molecule has 1 heterocycles. The molecule has 5 rings (SSSR count). The van der Waals surface area contributed by atoms with Gasteiger partial charge in [-0.05, 0) is 37.5 Å². The molecule has 0 radical (unpaired) electrons. The molecule has 4 fully saturated rings. The minimum atomic E-state index is -1.61. The molecule has 4 aliphatic carbocycles. The molecule has 2 amide bonds. The average Bonchev–Trinajstić information content (AvgIpc) is 3.04. The highest BCUT2D eigenvalue weighted by molar-refractivity contribution is 6.65. The van der Waals surface area contributed by atoms with Crippen molar-refractivity contribution < 1.29 is 9.59 Å². The number of amides is 2. The van der Waals surface area contributed by atoms with E-state index in [-0.39, 0.29) is 39.8 Å². The molecule has 0 unspecified atom stereocenters. The molecule has 154 valence electrons. The fraction of sp³-hybridized carbons (Fsp3) is 0.789. The van der Waals surface area contributed by atoms with E-state index in [9.17, 15) is 9.59 Å². The van der Waals surface area contributed by atoms with E-state index in [1.165, 1.54) is 4.90 Å². The average molecular weight is 506 g/mol. The molecule has 0 aromatic heterocycles. The second-order valence-corrected chi connectivity index (χ2v) is 12.1. The van der Waals surface area contributed by atoms with Crippen LogP contribution in [0.15, 0.2) is 10.1 Å². The van der Waals surface area contributed by atoms with Gasteiger partial charge in [0.1, 0.15) is 9.75 Å². The second kappa shape index (κ2) is 6.33. The summed E-state index contributed by atoms with van der Waals surface area (Å²) >= 11 is 40.1. The number of carbonyl (C=O) groups is 2. The Bertz CT molecular complexity index is 754. The maximum Gasteiger partial charge on any atom is 0.233 e. The van der Waals surface area contributed by atoms with Gasteiger partial charge in [0.05, 0.1) is 21.9 Å². The molecule has 0 aromatic rings. The van der Waals surface area contributed by atoms with E-state index in [2.05, 4.69) is 0 Å². The lowest BCUT2D eigenvalue weighted by Crippen LogP contribution is -2.45. The third kappa shape index (κ3) is 2.13. The van der Waals surface area contributed by atoms with Crippen LogP contribution in [0.1, 0.15) is 44.9 Å². The molecule has 0 aromatic carbocycles. The Balaban J connectivity index is 1.52. The summed E-state index contributed by atoms with van der Waals surface area (Å²) in [5, 5.41) is 0.327. The summed E-state index contributed by atoms with van der Waals surface area (Å²) in [5.41, 5.74) is 0. The summed E-state index contributed by atoms with van der Waals surface area (Å²) in [6.07, 6.45) is 5.81. The summed E-state index contributed by atoms with van der Waals surface area (Å²) in [6, 6.07) is 0.0104. The van der Waals surface area contributed by atoms with Crippen LogP contribution in [0.5, 0.6) is 0 Å². The van der Waals surface area contributed by atoms with Crippen LogP contribution < -0.4 is 0 Å². The lowest BCUT2D eigenvalue weighted by atomic mass is 9.65. The van der Waals surface area contributed by atoms with Crippen LogP contribution >= 0.6 is 69.6 Å². The van der Waals surface area contributed by atoms with Gasteiger partial charge >= 0.3 is 0 Å². The number of carbonyl (C=O) groups excluding carboxylic acids is 2. The molecule has 0 N–H and O–H groups in total. The highest BCUT2D eigenvalue weighted by Gasteiger charge is 2.83. The fourth-order valence-corrected chi connectivity index (χ4v) is 9.55. The minimum Gasteiger partial charge on any atom is -0.279 e. The number of nitrogens with zero attached hydrogens (tertiary/aromatic N) is 1. The van der Waals surface area contributed by atoms with Gasteiger partial charge in [-0.3, -0.25) is 14.5 Å². The Morgan fingerprint density at radius 2 is 1.18 bits per heavy atom. The number of fused-ring (bicyclic) bond motifs is 6. The predicted octanol–water partition coefficient (Wildman–Crippen LogP) is 5.79. The predicted molar refractivity (Wildman–Crippen MR) is 112 cm³/mol. The molecule has 3 nitrogen and oxygen atoms in total. The maximum atomic E-state index is 13.2. The zero-order valence-electron chi connectivity index (χ0n) is 14.9. The normalized spacial score (nSPS) is 47.7. The van der Waals surface area contributed by atoms with Crippen molar-refractivity contribution in [3.05, 3.63) is 10.1 Å². The third-order valence-corrected chi connectivity index (χ3v) is 12.2. The topological polar surface area (TPSA) is 37.4 Å². The van der Waals surface area contributed by atoms with Gasteiger partial charge in [-0.15, -0.1) is 23.2 Å². The smallest absolute Gasteiger partial charge is 0.233 e. The summed E-state index contributed by atoms with van der Waals surface area (Å²) < 4.78 is -1.61. The molecule has 0 spiro atoms. The minimum absolute atomic E-state index is 0.0104. The van der Waals surface area contributed by atoms with Gasteiger partial charge in [0, 0.05) is 6.04 Å². The van der Waals surface area contributed by atoms with Crippen molar-refractivity contribution in [3.8, 4) is 0 Å². The lowest BCUT2D eigenvalue weighted by molar-refractivity contribution is -0.143. The van der Waals surface area contributed by atoms with Crippen molar-refractivity contribution in [1.29, 1.82) is 0 Å². The Labute approximate surface area is 193 Å². The quantitative estimate of drug-likeness (QED) is 0.334. The van der Waals surface area contributed by atoms with Crippen molar-refractivity contribution in [1.82, 2.24) is 4.90 Å². The van der Waals surface area contributed by atoms with E-state index in [1.807, 2.05) is 0 Å². The van der Waals surface area contributed by atoms with Crippen LogP contribution in [0.25, 0.3) is 0 Å². The van der Waals surface area contributed by atoms with E-state index < -0.39 is 25.9 Å². The number of halogens is 6.